The fraction of sp³-hybridized carbons (Fsp3) is 0.400. The molecule has 0 heterocycles. The first-order chi connectivity index (χ1) is 10.6. The van der Waals surface area contributed by atoms with E-state index in [4.69, 9.17) is 4.74 Å². The molecule has 2 nitrogen and oxygen atoms in total. The van der Waals surface area contributed by atoms with E-state index in [1.54, 1.807) is 0 Å². The zero-order valence-corrected chi connectivity index (χ0v) is 14.1. The zero-order chi connectivity index (χ0) is 15.9. The number of nitrogens with one attached hydrogen (secondary N) is 1. The fourth-order valence-corrected chi connectivity index (χ4v) is 2.51. The summed E-state index contributed by atoms with van der Waals surface area (Å²) >= 11 is 0. The summed E-state index contributed by atoms with van der Waals surface area (Å²) in [5, 5.41) is 3.46. The normalized spacial score (nSPS) is 12.0. The molecule has 0 unspecified atom stereocenters. The summed E-state index contributed by atoms with van der Waals surface area (Å²) in [6, 6.07) is 14.8. The molecule has 0 fully saturated rings. The number of benzene rings is 2. The lowest BCUT2D eigenvalue weighted by Crippen LogP contribution is -2.13. The van der Waals surface area contributed by atoms with Gasteiger partial charge in [-0.1, -0.05) is 44.2 Å². The van der Waals surface area contributed by atoms with E-state index < -0.39 is 0 Å². The van der Waals surface area contributed by atoms with Gasteiger partial charge in [-0.25, -0.2) is 0 Å². The van der Waals surface area contributed by atoms with Gasteiger partial charge in [0, 0.05) is 12.2 Å². The Hall–Kier alpha value is -1.96. The molecular weight excluding hydrogens is 270 g/mol. The van der Waals surface area contributed by atoms with Gasteiger partial charge in [0.05, 0.1) is 0 Å². The topological polar surface area (TPSA) is 21.3 Å². The third-order valence-corrected chi connectivity index (χ3v) is 4.13. The third-order valence-electron chi connectivity index (χ3n) is 4.13. The minimum Gasteiger partial charge on any atom is -0.491 e. The van der Waals surface area contributed by atoms with Crippen LogP contribution in [0.1, 0.15) is 42.9 Å². The van der Waals surface area contributed by atoms with Crippen LogP contribution >= 0.6 is 0 Å². The first-order valence-corrected chi connectivity index (χ1v) is 8.14. The van der Waals surface area contributed by atoms with Crippen molar-refractivity contribution >= 4 is 5.69 Å². The Morgan fingerprint density at radius 2 is 1.86 bits per heavy atom. The standard InChI is InChI=1S/C20H27NO/c1-5-16(3)18-8-6-7-9-20(18)22-13-12-21-19-14-15(2)10-11-17(19)4/h6-11,14,16,21H,5,12-13H2,1-4H3/t16-/m1/s1. The molecule has 2 aromatic carbocycles. The number of aryl methyl sites for hydroxylation is 2. The number of hydrogen-bond donors (Lipinski definition) is 1. The van der Waals surface area contributed by atoms with E-state index >= 15 is 0 Å². The zero-order valence-electron chi connectivity index (χ0n) is 14.1. The highest BCUT2D eigenvalue weighted by Gasteiger charge is 2.09. The van der Waals surface area contributed by atoms with Crippen molar-refractivity contribution in [3.05, 3.63) is 59.2 Å². The molecule has 0 aliphatic carbocycles. The van der Waals surface area contributed by atoms with Crippen LogP contribution in [0.2, 0.25) is 0 Å². The van der Waals surface area contributed by atoms with Crippen LogP contribution in [0.3, 0.4) is 0 Å². The van der Waals surface area contributed by atoms with Gasteiger partial charge in [-0.2, -0.15) is 0 Å². The third kappa shape index (κ3) is 4.27. The Balaban J connectivity index is 1.90. The number of anilines is 1. The molecule has 0 aromatic heterocycles. The second kappa shape index (κ2) is 7.88. The SMILES string of the molecule is CC[C@@H](C)c1ccccc1OCCNc1cc(C)ccc1C. The summed E-state index contributed by atoms with van der Waals surface area (Å²) in [4.78, 5) is 0. The summed E-state index contributed by atoms with van der Waals surface area (Å²) in [7, 11) is 0. The second-order valence-electron chi connectivity index (χ2n) is 5.94. The molecule has 118 valence electrons. The monoisotopic (exact) mass is 297 g/mol. The highest BCUT2D eigenvalue weighted by molar-refractivity contribution is 5.52. The van der Waals surface area contributed by atoms with Gasteiger partial charge >= 0.3 is 0 Å². The number of hydrogen-bond acceptors (Lipinski definition) is 2. The summed E-state index contributed by atoms with van der Waals surface area (Å²) in [5.74, 6) is 1.54. The lowest BCUT2D eigenvalue weighted by atomic mass is 9.98. The van der Waals surface area contributed by atoms with E-state index in [1.165, 1.54) is 22.4 Å². The average Bonchev–Trinajstić information content (AvgIpc) is 2.54. The maximum absolute atomic E-state index is 5.99. The van der Waals surface area contributed by atoms with Gasteiger partial charge in [0.1, 0.15) is 12.4 Å². The van der Waals surface area contributed by atoms with E-state index in [-0.39, 0.29) is 0 Å². The molecular formula is C20H27NO. The molecule has 0 aliphatic heterocycles. The van der Waals surface area contributed by atoms with Gasteiger partial charge in [0.25, 0.3) is 0 Å². The van der Waals surface area contributed by atoms with E-state index in [2.05, 4.69) is 69.4 Å². The quantitative estimate of drug-likeness (QED) is 0.699. The van der Waals surface area contributed by atoms with Crippen LogP contribution in [0.25, 0.3) is 0 Å². The molecule has 2 aromatic rings. The van der Waals surface area contributed by atoms with Gasteiger partial charge in [0.15, 0.2) is 0 Å². The Morgan fingerprint density at radius 3 is 2.64 bits per heavy atom. The van der Waals surface area contributed by atoms with Crippen LogP contribution in [0.4, 0.5) is 5.69 Å². The molecule has 1 atom stereocenters. The number of ether oxygens (including phenoxy) is 1. The minimum atomic E-state index is 0.531. The lowest BCUT2D eigenvalue weighted by molar-refractivity contribution is 0.327. The Morgan fingerprint density at radius 1 is 1.09 bits per heavy atom. The maximum Gasteiger partial charge on any atom is 0.122 e. The first-order valence-electron chi connectivity index (χ1n) is 8.14. The molecule has 0 bridgehead atoms. The van der Waals surface area contributed by atoms with Crippen LogP contribution in [0.15, 0.2) is 42.5 Å². The van der Waals surface area contributed by atoms with Gasteiger partial charge < -0.3 is 10.1 Å². The first kappa shape index (κ1) is 16.4. The molecule has 2 heteroatoms. The molecule has 0 saturated heterocycles. The van der Waals surface area contributed by atoms with Crippen molar-refractivity contribution in [1.82, 2.24) is 0 Å². The smallest absolute Gasteiger partial charge is 0.122 e. The van der Waals surface area contributed by atoms with Gasteiger partial charge in [0.2, 0.25) is 0 Å². The van der Waals surface area contributed by atoms with E-state index in [9.17, 15) is 0 Å². The van der Waals surface area contributed by atoms with E-state index in [1.807, 2.05) is 6.07 Å². The summed E-state index contributed by atoms with van der Waals surface area (Å²) in [6.07, 6.45) is 1.13. The molecule has 0 aliphatic rings. The molecule has 0 amide bonds. The van der Waals surface area contributed by atoms with Crippen molar-refractivity contribution in [1.29, 1.82) is 0 Å². The summed E-state index contributed by atoms with van der Waals surface area (Å²) < 4.78 is 5.99. The van der Waals surface area contributed by atoms with Crippen LogP contribution < -0.4 is 10.1 Å². The van der Waals surface area contributed by atoms with Crippen LogP contribution in [-0.2, 0) is 0 Å². The van der Waals surface area contributed by atoms with Gasteiger partial charge in [-0.15, -0.1) is 0 Å². The van der Waals surface area contributed by atoms with E-state index in [0.29, 0.717) is 12.5 Å². The Kier molecular flexibility index (Phi) is 5.88. The van der Waals surface area contributed by atoms with Gasteiger partial charge in [-0.3, -0.25) is 0 Å². The predicted molar refractivity (Wildman–Crippen MR) is 95.0 cm³/mol. The van der Waals surface area contributed by atoms with Crippen molar-refractivity contribution in [2.24, 2.45) is 0 Å². The number of rotatable bonds is 7. The summed E-state index contributed by atoms with van der Waals surface area (Å²) in [5.41, 5.74) is 5.04. The largest absolute Gasteiger partial charge is 0.491 e. The predicted octanol–water partition coefficient (Wildman–Crippen LogP) is 5.31. The average molecular weight is 297 g/mol. The second-order valence-corrected chi connectivity index (χ2v) is 5.94. The maximum atomic E-state index is 5.99. The molecule has 0 radical (unpaired) electrons. The van der Waals surface area contributed by atoms with Crippen LogP contribution in [0, 0.1) is 13.8 Å². The number of para-hydroxylation sites is 1. The van der Waals surface area contributed by atoms with Crippen LogP contribution in [0.5, 0.6) is 5.75 Å². The molecule has 2 rings (SSSR count). The van der Waals surface area contributed by atoms with Crippen molar-refractivity contribution in [3.8, 4) is 5.75 Å². The van der Waals surface area contributed by atoms with Gasteiger partial charge in [-0.05, 0) is 55.0 Å². The van der Waals surface area contributed by atoms with E-state index in [0.717, 1.165) is 18.7 Å². The molecule has 22 heavy (non-hydrogen) atoms. The Labute approximate surface area is 134 Å². The minimum absolute atomic E-state index is 0.531. The highest BCUT2D eigenvalue weighted by atomic mass is 16.5. The molecule has 0 spiro atoms. The van der Waals surface area contributed by atoms with Crippen molar-refractivity contribution in [3.63, 3.8) is 0 Å². The molecule has 0 saturated carbocycles. The summed E-state index contributed by atoms with van der Waals surface area (Å²) in [6.45, 7) is 10.2. The Bertz CT molecular complexity index is 606. The lowest BCUT2D eigenvalue weighted by Gasteiger charge is -2.16. The van der Waals surface area contributed by atoms with Crippen molar-refractivity contribution in [2.75, 3.05) is 18.5 Å². The van der Waals surface area contributed by atoms with Crippen LogP contribution in [-0.4, -0.2) is 13.2 Å². The van der Waals surface area contributed by atoms with Crippen molar-refractivity contribution in [2.45, 2.75) is 40.0 Å². The highest BCUT2D eigenvalue weighted by Crippen LogP contribution is 2.28. The molecule has 1 N–H and O–H groups in total. The fourth-order valence-electron chi connectivity index (χ4n) is 2.51. The van der Waals surface area contributed by atoms with Crippen molar-refractivity contribution < 1.29 is 4.74 Å².